The second-order valence-electron chi connectivity index (χ2n) is 7.66. The number of carboxylic acids is 1. The van der Waals surface area contributed by atoms with E-state index in [0.717, 1.165) is 0 Å². The molecule has 2 N–H and O–H groups in total. The van der Waals surface area contributed by atoms with Gasteiger partial charge < -0.3 is 24.4 Å². The minimum absolute atomic E-state index is 0.0927. The topological polar surface area (TPSA) is 85.2 Å². The van der Waals surface area contributed by atoms with Crippen LogP contribution in [0.25, 0.3) is 0 Å². The normalized spacial score (nSPS) is 15.8. The molecule has 0 radical (unpaired) electrons. The number of aliphatic carboxylic acids is 1. The number of aliphatic hydroxyl groups is 1. The Hall–Kier alpha value is -3.95. The number of methoxy groups -OCH3 is 2. The van der Waals surface area contributed by atoms with Crippen LogP contribution in [0.5, 0.6) is 23.0 Å². The lowest BCUT2D eigenvalue weighted by molar-refractivity contribution is -0.137. The maximum atomic E-state index is 12.1. The molecule has 6 nitrogen and oxygen atoms in total. The van der Waals surface area contributed by atoms with Crippen LogP contribution in [0.2, 0.25) is 0 Å². The maximum Gasteiger partial charge on any atom is 0.303 e. The zero-order valence-corrected chi connectivity index (χ0v) is 18.4. The summed E-state index contributed by atoms with van der Waals surface area (Å²) in [4.78, 5) is 10.6. The molecule has 6 heteroatoms. The van der Waals surface area contributed by atoms with Crippen LogP contribution in [-0.2, 0) is 10.4 Å². The first-order chi connectivity index (χ1) is 16.0. The number of fused-ring (bicyclic) bond motifs is 2. The van der Waals surface area contributed by atoms with Crippen molar-refractivity contribution >= 4 is 5.97 Å². The highest BCUT2D eigenvalue weighted by molar-refractivity contribution is 5.66. The molecule has 0 aromatic heterocycles. The Kier molecular flexibility index (Phi) is 6.25. The third kappa shape index (κ3) is 4.36. The van der Waals surface area contributed by atoms with Gasteiger partial charge in [0.2, 0.25) is 0 Å². The van der Waals surface area contributed by atoms with Gasteiger partial charge in [-0.3, -0.25) is 4.79 Å². The summed E-state index contributed by atoms with van der Waals surface area (Å²) in [6.45, 7) is 0. The number of carbonyl (C=O) groups is 1. The van der Waals surface area contributed by atoms with Gasteiger partial charge in [0.1, 0.15) is 28.6 Å². The van der Waals surface area contributed by atoms with Gasteiger partial charge in [0, 0.05) is 35.6 Å². The monoisotopic (exact) mass is 444 g/mol. The van der Waals surface area contributed by atoms with Crippen molar-refractivity contribution < 1.29 is 29.2 Å². The molecule has 0 saturated heterocycles. The smallest absolute Gasteiger partial charge is 0.303 e. The zero-order chi connectivity index (χ0) is 23.4. The van der Waals surface area contributed by atoms with E-state index in [1.54, 1.807) is 38.5 Å². The summed E-state index contributed by atoms with van der Waals surface area (Å²) in [5.41, 5.74) is 1.14. The lowest BCUT2D eigenvalue weighted by Crippen LogP contribution is -2.32. The summed E-state index contributed by atoms with van der Waals surface area (Å²) in [6.07, 6.45) is 1.07. The summed E-state index contributed by atoms with van der Waals surface area (Å²) >= 11 is 0. The zero-order valence-electron chi connectivity index (χ0n) is 18.4. The maximum absolute atomic E-state index is 12.1. The number of ether oxygens (including phenoxy) is 3. The molecule has 0 fully saturated rings. The molecular formula is C27H24O6. The Bertz CT molecular complexity index is 1240. The van der Waals surface area contributed by atoms with E-state index in [2.05, 4.69) is 11.8 Å². The van der Waals surface area contributed by atoms with Crippen LogP contribution in [0.4, 0.5) is 0 Å². The Morgan fingerprint density at radius 1 is 0.939 bits per heavy atom. The van der Waals surface area contributed by atoms with Gasteiger partial charge in [0.05, 0.1) is 14.2 Å². The fourth-order valence-corrected chi connectivity index (χ4v) is 3.90. The molecule has 1 atom stereocenters. The van der Waals surface area contributed by atoms with E-state index in [0.29, 0.717) is 58.1 Å². The molecule has 4 rings (SSSR count). The predicted octanol–water partition coefficient (Wildman–Crippen LogP) is 4.70. The van der Waals surface area contributed by atoms with Crippen molar-refractivity contribution in [1.82, 2.24) is 0 Å². The van der Waals surface area contributed by atoms with Gasteiger partial charge in [-0.2, -0.15) is 0 Å². The number of hydrogen-bond acceptors (Lipinski definition) is 5. The molecule has 1 unspecified atom stereocenters. The quantitative estimate of drug-likeness (QED) is 0.424. The minimum atomic E-state index is -1.45. The van der Waals surface area contributed by atoms with E-state index >= 15 is 0 Å². The van der Waals surface area contributed by atoms with Gasteiger partial charge in [-0.05, 0) is 48.4 Å². The molecule has 168 valence electrons. The molecule has 0 bridgehead atoms. The summed E-state index contributed by atoms with van der Waals surface area (Å²) in [5, 5.41) is 20.9. The Morgan fingerprint density at radius 2 is 1.58 bits per heavy atom. The largest absolute Gasteiger partial charge is 0.497 e. The highest BCUT2D eigenvalue weighted by atomic mass is 16.5. The first-order valence-electron chi connectivity index (χ1n) is 10.5. The van der Waals surface area contributed by atoms with E-state index in [1.807, 2.05) is 36.4 Å². The van der Waals surface area contributed by atoms with E-state index in [9.17, 15) is 9.90 Å². The van der Waals surface area contributed by atoms with Crippen molar-refractivity contribution in [2.45, 2.75) is 24.9 Å². The second kappa shape index (κ2) is 9.27. The molecule has 3 aromatic carbocycles. The fourth-order valence-electron chi connectivity index (χ4n) is 3.90. The lowest BCUT2D eigenvalue weighted by atomic mass is 9.78. The predicted molar refractivity (Wildman–Crippen MR) is 123 cm³/mol. The van der Waals surface area contributed by atoms with Crippen molar-refractivity contribution in [1.29, 1.82) is 0 Å². The number of benzene rings is 3. The third-order valence-electron chi connectivity index (χ3n) is 5.60. The number of rotatable bonds is 6. The molecule has 0 spiro atoms. The van der Waals surface area contributed by atoms with Crippen molar-refractivity contribution in [2.75, 3.05) is 14.2 Å². The number of hydrogen-bond donors (Lipinski definition) is 2. The molecular weight excluding hydrogens is 420 g/mol. The molecule has 1 aliphatic heterocycles. The van der Waals surface area contributed by atoms with E-state index in [4.69, 9.17) is 19.3 Å². The summed E-state index contributed by atoms with van der Waals surface area (Å²) in [6, 6.07) is 18.1. The summed E-state index contributed by atoms with van der Waals surface area (Å²) in [7, 11) is 3.17. The van der Waals surface area contributed by atoms with Gasteiger partial charge in [-0.1, -0.05) is 30.0 Å². The second-order valence-corrected chi connectivity index (χ2v) is 7.66. The lowest BCUT2D eigenvalue weighted by Gasteiger charge is -2.36. The van der Waals surface area contributed by atoms with Crippen molar-refractivity contribution in [3.8, 4) is 34.8 Å². The first kappa shape index (κ1) is 22.3. The van der Waals surface area contributed by atoms with E-state index in [-0.39, 0.29) is 6.42 Å². The molecule has 0 amide bonds. The van der Waals surface area contributed by atoms with Crippen molar-refractivity contribution in [3.63, 3.8) is 0 Å². The fraction of sp³-hybridized carbons (Fsp3) is 0.222. The Labute approximate surface area is 192 Å². The van der Waals surface area contributed by atoms with E-state index in [1.165, 1.54) is 0 Å². The van der Waals surface area contributed by atoms with Crippen LogP contribution in [0.3, 0.4) is 0 Å². The SMILES string of the molecule is COc1ccc(C2(O)c3ccc(C#CCCCC(=O)O)cc3Oc3cc(OC)ccc32)cc1. The molecule has 1 aliphatic rings. The Morgan fingerprint density at radius 3 is 2.24 bits per heavy atom. The third-order valence-corrected chi connectivity index (χ3v) is 5.60. The van der Waals surface area contributed by atoms with Crippen LogP contribution < -0.4 is 14.2 Å². The molecule has 33 heavy (non-hydrogen) atoms. The highest BCUT2D eigenvalue weighted by Crippen LogP contribution is 2.51. The van der Waals surface area contributed by atoms with Crippen LogP contribution in [-0.4, -0.2) is 30.4 Å². The highest BCUT2D eigenvalue weighted by Gasteiger charge is 2.42. The Balaban J connectivity index is 1.76. The molecule has 0 saturated carbocycles. The average Bonchev–Trinajstić information content (AvgIpc) is 2.83. The molecule has 3 aromatic rings. The van der Waals surface area contributed by atoms with Crippen LogP contribution in [0.15, 0.2) is 60.7 Å². The number of unbranched alkanes of at least 4 members (excludes halogenated alkanes) is 1. The van der Waals surface area contributed by atoms with Gasteiger partial charge in [0.25, 0.3) is 0 Å². The van der Waals surface area contributed by atoms with Crippen molar-refractivity contribution in [3.05, 3.63) is 82.9 Å². The van der Waals surface area contributed by atoms with Crippen LogP contribution in [0, 0.1) is 11.8 Å². The number of carboxylic acid groups (broad SMARTS) is 1. The van der Waals surface area contributed by atoms with E-state index < -0.39 is 11.6 Å². The van der Waals surface area contributed by atoms with Gasteiger partial charge >= 0.3 is 5.97 Å². The average molecular weight is 444 g/mol. The van der Waals surface area contributed by atoms with Gasteiger partial charge in [-0.15, -0.1) is 0 Å². The standard InChI is InChI=1S/C27H24O6/c1-31-20-11-9-19(10-12-20)27(30)22-14-8-18(6-4-3-5-7-26(28)29)16-24(22)33-25-17-21(32-2)13-15-23(25)27/h8-17,30H,3,5,7H2,1-2H3,(H,28,29). The van der Waals surface area contributed by atoms with Gasteiger partial charge in [-0.25, -0.2) is 0 Å². The van der Waals surface area contributed by atoms with Crippen LogP contribution >= 0.6 is 0 Å². The minimum Gasteiger partial charge on any atom is -0.497 e. The first-order valence-corrected chi connectivity index (χ1v) is 10.5. The molecule has 0 aliphatic carbocycles. The van der Waals surface area contributed by atoms with Crippen molar-refractivity contribution in [2.24, 2.45) is 0 Å². The van der Waals surface area contributed by atoms with Crippen LogP contribution in [0.1, 0.15) is 41.5 Å². The summed E-state index contributed by atoms with van der Waals surface area (Å²) < 4.78 is 16.8. The molecule has 1 heterocycles. The summed E-state index contributed by atoms with van der Waals surface area (Å²) in [5.74, 6) is 7.52. The van der Waals surface area contributed by atoms with Gasteiger partial charge in [0.15, 0.2) is 0 Å².